The molecule has 1 unspecified atom stereocenters. The Morgan fingerprint density at radius 1 is 1.36 bits per heavy atom. The standard InChI is InChI=1S/C17H25N3O.ClH/c21-17(8-7-14-4-1-2-5-14)20-11-10-19-13-16(20)15-6-3-9-18-12-15;/h3,6,9,12,14,16,19H,1-2,4-5,7-8,10-11,13H2;1H. The van der Waals surface area contributed by atoms with Crippen LogP contribution in [0.1, 0.15) is 50.1 Å². The third kappa shape index (κ3) is 4.20. The van der Waals surface area contributed by atoms with E-state index in [9.17, 15) is 4.79 Å². The number of halogens is 1. The Morgan fingerprint density at radius 3 is 2.91 bits per heavy atom. The van der Waals surface area contributed by atoms with Crippen molar-refractivity contribution in [2.24, 2.45) is 5.92 Å². The molecule has 0 spiro atoms. The number of carbonyl (C=O) groups is 1. The number of amides is 1. The first kappa shape index (κ1) is 17.2. The van der Waals surface area contributed by atoms with Crippen LogP contribution in [0, 0.1) is 5.92 Å². The average Bonchev–Trinajstić information content (AvgIpc) is 3.07. The fourth-order valence-electron chi connectivity index (χ4n) is 3.64. The molecule has 5 heteroatoms. The third-order valence-electron chi connectivity index (χ3n) is 4.87. The van der Waals surface area contributed by atoms with Gasteiger partial charge in [0, 0.05) is 38.4 Å². The van der Waals surface area contributed by atoms with Gasteiger partial charge < -0.3 is 10.2 Å². The van der Waals surface area contributed by atoms with Crippen LogP contribution in [0.5, 0.6) is 0 Å². The van der Waals surface area contributed by atoms with E-state index in [1.54, 1.807) is 6.20 Å². The van der Waals surface area contributed by atoms with Crippen LogP contribution >= 0.6 is 12.4 Å². The summed E-state index contributed by atoms with van der Waals surface area (Å²) in [6.07, 6.45) is 10.8. The van der Waals surface area contributed by atoms with Crippen LogP contribution < -0.4 is 5.32 Å². The predicted molar refractivity (Wildman–Crippen MR) is 90.0 cm³/mol. The van der Waals surface area contributed by atoms with Crippen molar-refractivity contribution in [2.45, 2.75) is 44.6 Å². The van der Waals surface area contributed by atoms with Crippen molar-refractivity contribution in [3.8, 4) is 0 Å². The molecular weight excluding hydrogens is 298 g/mol. The first-order valence-corrected chi connectivity index (χ1v) is 8.24. The number of piperazine rings is 1. The Bertz CT molecular complexity index is 462. The first-order valence-electron chi connectivity index (χ1n) is 8.24. The molecular formula is C17H26ClN3O. The average molecular weight is 324 g/mol. The number of carbonyl (C=O) groups excluding carboxylic acids is 1. The van der Waals surface area contributed by atoms with E-state index in [0.29, 0.717) is 12.3 Å². The highest BCUT2D eigenvalue weighted by Crippen LogP contribution is 2.30. The lowest BCUT2D eigenvalue weighted by Crippen LogP contribution is -2.48. The molecule has 1 atom stereocenters. The molecule has 0 radical (unpaired) electrons. The van der Waals surface area contributed by atoms with Gasteiger partial charge in [-0.2, -0.15) is 0 Å². The molecule has 1 saturated carbocycles. The van der Waals surface area contributed by atoms with Gasteiger partial charge in [-0.25, -0.2) is 0 Å². The number of hydrogen-bond acceptors (Lipinski definition) is 3. The number of hydrogen-bond donors (Lipinski definition) is 1. The van der Waals surface area contributed by atoms with Crippen molar-refractivity contribution >= 4 is 18.3 Å². The fraction of sp³-hybridized carbons (Fsp3) is 0.647. The molecule has 22 heavy (non-hydrogen) atoms. The molecule has 2 fully saturated rings. The number of nitrogens with zero attached hydrogens (tertiary/aromatic N) is 2. The minimum atomic E-state index is 0. The van der Waals surface area contributed by atoms with Crippen molar-refractivity contribution in [3.05, 3.63) is 30.1 Å². The van der Waals surface area contributed by atoms with E-state index < -0.39 is 0 Å². The molecule has 3 rings (SSSR count). The van der Waals surface area contributed by atoms with Gasteiger partial charge in [-0.05, 0) is 24.0 Å². The lowest BCUT2D eigenvalue weighted by molar-refractivity contribution is -0.134. The number of aromatic nitrogens is 1. The van der Waals surface area contributed by atoms with Crippen molar-refractivity contribution in [3.63, 3.8) is 0 Å². The molecule has 0 bridgehead atoms. The molecule has 1 saturated heterocycles. The molecule has 0 aromatic carbocycles. The minimum absolute atomic E-state index is 0. The second-order valence-corrected chi connectivity index (χ2v) is 6.28. The number of rotatable bonds is 4. The van der Waals surface area contributed by atoms with Gasteiger partial charge in [0.2, 0.25) is 5.91 Å². The lowest BCUT2D eigenvalue weighted by atomic mass is 10.00. The quantitative estimate of drug-likeness (QED) is 0.926. The predicted octanol–water partition coefficient (Wildman–Crippen LogP) is 2.95. The Balaban J connectivity index is 0.00000176. The van der Waals surface area contributed by atoms with Gasteiger partial charge in [0.05, 0.1) is 6.04 Å². The van der Waals surface area contributed by atoms with E-state index in [4.69, 9.17) is 0 Å². The van der Waals surface area contributed by atoms with Crippen LogP contribution in [0.15, 0.2) is 24.5 Å². The van der Waals surface area contributed by atoms with Gasteiger partial charge in [-0.15, -0.1) is 12.4 Å². The third-order valence-corrected chi connectivity index (χ3v) is 4.87. The maximum atomic E-state index is 12.6. The van der Waals surface area contributed by atoms with Crippen molar-refractivity contribution in [2.75, 3.05) is 19.6 Å². The maximum absolute atomic E-state index is 12.6. The molecule has 1 aliphatic heterocycles. The van der Waals surface area contributed by atoms with Gasteiger partial charge in [-0.3, -0.25) is 9.78 Å². The molecule has 2 heterocycles. The topological polar surface area (TPSA) is 45.2 Å². The van der Waals surface area contributed by atoms with Crippen LogP contribution in [0.2, 0.25) is 0 Å². The zero-order valence-electron chi connectivity index (χ0n) is 13.0. The molecule has 1 aliphatic carbocycles. The zero-order valence-corrected chi connectivity index (χ0v) is 13.9. The summed E-state index contributed by atoms with van der Waals surface area (Å²) in [7, 11) is 0. The highest BCUT2D eigenvalue weighted by Gasteiger charge is 2.28. The molecule has 2 aliphatic rings. The molecule has 4 nitrogen and oxygen atoms in total. The Hall–Kier alpha value is -1.13. The number of nitrogens with one attached hydrogen (secondary N) is 1. The summed E-state index contributed by atoms with van der Waals surface area (Å²) in [6, 6.07) is 4.16. The van der Waals surface area contributed by atoms with Gasteiger partial charge in [0.15, 0.2) is 0 Å². The zero-order chi connectivity index (χ0) is 14.5. The Kier molecular flexibility index (Phi) is 6.65. The fourth-order valence-corrected chi connectivity index (χ4v) is 3.64. The van der Waals surface area contributed by atoms with Crippen LogP contribution in [0.25, 0.3) is 0 Å². The molecule has 1 amide bonds. The minimum Gasteiger partial charge on any atom is -0.333 e. The lowest BCUT2D eigenvalue weighted by Gasteiger charge is -2.36. The summed E-state index contributed by atoms with van der Waals surface area (Å²) in [5.41, 5.74) is 1.14. The van der Waals surface area contributed by atoms with Crippen LogP contribution in [0.3, 0.4) is 0 Å². The van der Waals surface area contributed by atoms with Crippen LogP contribution in [-0.2, 0) is 4.79 Å². The molecule has 1 aromatic heterocycles. The second-order valence-electron chi connectivity index (χ2n) is 6.28. The summed E-state index contributed by atoms with van der Waals surface area (Å²) >= 11 is 0. The highest BCUT2D eigenvalue weighted by atomic mass is 35.5. The van der Waals surface area contributed by atoms with Gasteiger partial charge in [0.1, 0.15) is 0 Å². The molecule has 1 aromatic rings. The Morgan fingerprint density at radius 2 is 2.18 bits per heavy atom. The van der Waals surface area contributed by atoms with Crippen molar-refractivity contribution < 1.29 is 4.79 Å². The smallest absolute Gasteiger partial charge is 0.223 e. The Labute approximate surface area is 139 Å². The highest BCUT2D eigenvalue weighted by molar-refractivity contribution is 5.85. The van der Waals surface area contributed by atoms with Gasteiger partial charge in [-0.1, -0.05) is 31.7 Å². The van der Waals surface area contributed by atoms with Crippen LogP contribution in [-0.4, -0.2) is 35.4 Å². The van der Waals surface area contributed by atoms with E-state index in [1.807, 2.05) is 12.3 Å². The second kappa shape index (κ2) is 8.49. The van der Waals surface area contributed by atoms with Gasteiger partial charge in [0.25, 0.3) is 0 Å². The summed E-state index contributed by atoms with van der Waals surface area (Å²) < 4.78 is 0. The normalized spacial score (nSPS) is 22.4. The maximum Gasteiger partial charge on any atom is 0.223 e. The van der Waals surface area contributed by atoms with E-state index in [1.165, 1.54) is 25.7 Å². The summed E-state index contributed by atoms with van der Waals surface area (Å²) in [5, 5.41) is 3.39. The summed E-state index contributed by atoms with van der Waals surface area (Å²) in [6.45, 7) is 2.54. The number of pyridine rings is 1. The van der Waals surface area contributed by atoms with E-state index in [2.05, 4.69) is 21.3 Å². The summed E-state index contributed by atoms with van der Waals surface area (Å²) in [5.74, 6) is 1.10. The summed E-state index contributed by atoms with van der Waals surface area (Å²) in [4.78, 5) is 18.9. The van der Waals surface area contributed by atoms with Crippen molar-refractivity contribution in [1.29, 1.82) is 0 Å². The van der Waals surface area contributed by atoms with E-state index in [0.717, 1.165) is 37.5 Å². The van der Waals surface area contributed by atoms with Gasteiger partial charge >= 0.3 is 0 Å². The van der Waals surface area contributed by atoms with E-state index in [-0.39, 0.29) is 18.4 Å². The van der Waals surface area contributed by atoms with Crippen LogP contribution in [0.4, 0.5) is 0 Å². The molecule has 122 valence electrons. The largest absolute Gasteiger partial charge is 0.333 e. The SMILES string of the molecule is Cl.O=C(CCC1CCCC1)N1CCNCC1c1cccnc1. The molecule has 1 N–H and O–H groups in total. The first-order chi connectivity index (χ1) is 10.3. The van der Waals surface area contributed by atoms with E-state index >= 15 is 0 Å². The van der Waals surface area contributed by atoms with Crippen molar-refractivity contribution in [1.82, 2.24) is 15.2 Å². The monoisotopic (exact) mass is 323 g/mol.